The number of hydrogen-bond acceptors (Lipinski definition) is 0. The van der Waals surface area contributed by atoms with E-state index in [1.54, 1.807) is 0 Å². The minimum absolute atomic E-state index is 0.392. The average Bonchev–Trinajstić information content (AvgIpc) is 2.36. The summed E-state index contributed by atoms with van der Waals surface area (Å²) in [7, 11) is -4.29. The van der Waals surface area contributed by atoms with Crippen molar-refractivity contribution in [1.82, 2.24) is 0 Å². The van der Waals surface area contributed by atoms with Crippen molar-refractivity contribution in [3.05, 3.63) is 0 Å². The Balaban J connectivity index is 8.36. The van der Waals surface area contributed by atoms with E-state index in [0.717, 1.165) is 0 Å². The number of hydrogen-bond donors (Lipinski definition) is 0. The minimum Gasteiger partial charge on any atom is -0.0681 e. The normalized spacial score (nSPS) is 16.5. The highest BCUT2D eigenvalue weighted by Gasteiger charge is 2.84. The molecule has 0 rings (SSSR count). The lowest BCUT2D eigenvalue weighted by Gasteiger charge is -2.68. The third kappa shape index (κ3) is 4.84. The van der Waals surface area contributed by atoms with Gasteiger partial charge in [-0.3, -0.25) is 0 Å². The van der Waals surface area contributed by atoms with E-state index in [9.17, 15) is 0 Å². The molecule has 4 heteroatoms. The summed E-state index contributed by atoms with van der Waals surface area (Å²) in [6, 6.07) is 0. The van der Waals surface area contributed by atoms with Gasteiger partial charge in [0.1, 0.15) is 0 Å². The van der Waals surface area contributed by atoms with Crippen LogP contribution in [-0.4, -0.2) is 30.1 Å². The monoisotopic (exact) mass is 499 g/mol. The van der Waals surface area contributed by atoms with Crippen LogP contribution in [0.25, 0.3) is 0 Å². The van der Waals surface area contributed by atoms with Crippen LogP contribution >= 0.6 is 0 Å². The molecule has 0 aliphatic heterocycles. The predicted octanol–water partition coefficient (Wildman–Crippen LogP) is 10.8. The van der Waals surface area contributed by atoms with Crippen molar-refractivity contribution in [2.24, 2.45) is 0 Å². The van der Waals surface area contributed by atoms with Gasteiger partial charge >= 0.3 is 0 Å². The van der Waals surface area contributed by atoms with E-state index in [4.69, 9.17) is 0 Å². The van der Waals surface area contributed by atoms with Crippen LogP contribution in [0.1, 0.15) is 125 Å². The molecule has 0 fully saturated rings. The topological polar surface area (TPSA) is 0 Å². The van der Waals surface area contributed by atoms with Crippen molar-refractivity contribution in [3.8, 4) is 0 Å². The average molecular weight is 500 g/mol. The predicted molar refractivity (Wildman–Crippen MR) is 159 cm³/mol. The Bertz CT molecular complexity index is 539. The van der Waals surface area contributed by atoms with Gasteiger partial charge in [-0.2, -0.15) is 0 Å². The molecule has 0 heterocycles. The fourth-order valence-corrected chi connectivity index (χ4v) is 118. The standard InChI is InChI=1S/C27H63Si4/c1-22(2,3)28(23(4,5)6)31(21,29(19,24(7,8)9)25(10,11)12)30(20,26(13,14)15)27(16,17)18/h1-21H3/q+1. The molecule has 0 saturated heterocycles. The van der Waals surface area contributed by atoms with Gasteiger partial charge < -0.3 is 0 Å². The maximum atomic E-state index is 3.02. The molecular formula is C27H63Si4+. The highest BCUT2D eigenvalue weighted by atomic mass is 29.9. The summed E-state index contributed by atoms with van der Waals surface area (Å²) in [5, 5.41) is 2.37. The van der Waals surface area contributed by atoms with Crippen LogP contribution < -0.4 is 0 Å². The first-order valence-corrected chi connectivity index (χ1v) is 24.8. The molecule has 0 bridgehead atoms. The van der Waals surface area contributed by atoms with Gasteiger partial charge in [-0.25, -0.2) is 0 Å². The van der Waals surface area contributed by atoms with E-state index in [0.29, 0.717) is 30.2 Å². The minimum atomic E-state index is -1.82. The van der Waals surface area contributed by atoms with E-state index < -0.39 is 30.1 Å². The van der Waals surface area contributed by atoms with Crippen LogP contribution in [0.15, 0.2) is 0 Å². The van der Waals surface area contributed by atoms with Gasteiger partial charge in [0, 0.05) is 0 Å². The summed E-state index contributed by atoms with van der Waals surface area (Å²) in [6.45, 7) is 54.4. The van der Waals surface area contributed by atoms with Gasteiger partial charge in [0.15, 0.2) is 0 Å². The Morgan fingerprint density at radius 3 is 0.613 bits per heavy atom. The lowest BCUT2D eigenvalue weighted by atomic mass is 10.2. The van der Waals surface area contributed by atoms with Crippen LogP contribution in [0.3, 0.4) is 0 Å². The van der Waals surface area contributed by atoms with Crippen molar-refractivity contribution in [2.45, 2.75) is 174 Å². The zero-order chi connectivity index (χ0) is 26.1. The molecule has 0 nitrogen and oxygen atoms in total. The highest BCUT2D eigenvalue weighted by Crippen LogP contribution is 2.68. The van der Waals surface area contributed by atoms with E-state index in [1.807, 2.05) is 0 Å². The SMILES string of the molecule is CC(C)(C)[Si+](C(C)(C)C)[Si](C)([Si](C)(C(C)(C)C)C(C)(C)C)[Si](C)(C(C)(C)C)C(C)(C)C. The van der Waals surface area contributed by atoms with Gasteiger partial charge in [0.05, 0.1) is 25.3 Å². The molecule has 0 radical (unpaired) electrons. The molecule has 0 N–H and O–H groups in total. The summed E-state index contributed by atoms with van der Waals surface area (Å²) < 4.78 is 0. The van der Waals surface area contributed by atoms with Gasteiger partial charge in [-0.1, -0.05) is 96.2 Å². The van der Waals surface area contributed by atoms with Crippen LogP contribution in [-0.2, 0) is 0 Å². The van der Waals surface area contributed by atoms with Crippen LogP contribution in [0.5, 0.6) is 0 Å². The summed E-state index contributed by atoms with van der Waals surface area (Å²) >= 11 is 0. The molecule has 0 aliphatic rings. The number of rotatable bonds is 3. The third-order valence-corrected chi connectivity index (χ3v) is 81.0. The van der Waals surface area contributed by atoms with Crippen LogP contribution in [0.2, 0.25) is 49.9 Å². The smallest absolute Gasteiger partial charge is 0.0681 e. The first-order chi connectivity index (χ1) is 12.9. The van der Waals surface area contributed by atoms with Crippen molar-refractivity contribution in [1.29, 1.82) is 0 Å². The van der Waals surface area contributed by atoms with Gasteiger partial charge in [-0.05, 0) is 68.2 Å². The lowest BCUT2D eigenvalue weighted by Crippen LogP contribution is -2.90. The van der Waals surface area contributed by atoms with E-state index >= 15 is 0 Å². The molecule has 0 aromatic carbocycles. The second-order valence-corrected chi connectivity index (χ2v) is 54.8. The zero-order valence-corrected chi connectivity index (χ0v) is 30.0. The highest BCUT2D eigenvalue weighted by molar-refractivity contribution is 7.88. The molecular weight excluding hydrogens is 437 g/mol. The molecule has 0 aromatic heterocycles. The van der Waals surface area contributed by atoms with E-state index in [2.05, 4.69) is 144 Å². The van der Waals surface area contributed by atoms with Crippen molar-refractivity contribution in [3.63, 3.8) is 0 Å². The van der Waals surface area contributed by atoms with Gasteiger partial charge in [0.25, 0.3) is 8.31 Å². The fourth-order valence-electron chi connectivity index (χ4n) is 8.88. The summed E-state index contributed by atoms with van der Waals surface area (Å²) in [6.07, 6.45) is 0. The maximum absolute atomic E-state index is 3.02. The third-order valence-electron chi connectivity index (χ3n) is 10.0. The second-order valence-electron chi connectivity index (χ2n) is 17.2. The molecule has 0 aliphatic carbocycles. The molecule has 186 valence electrons. The van der Waals surface area contributed by atoms with Crippen LogP contribution in [0.4, 0.5) is 0 Å². The molecule has 0 spiro atoms. The molecule has 0 saturated carbocycles. The second kappa shape index (κ2) is 8.22. The fraction of sp³-hybridized carbons (Fsp3) is 1.00. The Morgan fingerprint density at radius 1 is 0.355 bits per heavy atom. The Morgan fingerprint density at radius 2 is 0.516 bits per heavy atom. The Hall–Kier alpha value is 0.868. The zero-order valence-electron chi connectivity index (χ0n) is 26.0. The molecule has 0 amide bonds. The lowest BCUT2D eigenvalue weighted by molar-refractivity contribution is 0.619. The summed E-state index contributed by atoms with van der Waals surface area (Å²) in [5.41, 5.74) is 0. The van der Waals surface area contributed by atoms with Crippen molar-refractivity contribution in [2.75, 3.05) is 0 Å². The van der Waals surface area contributed by atoms with E-state index in [-0.39, 0.29) is 0 Å². The summed E-state index contributed by atoms with van der Waals surface area (Å²) in [4.78, 5) is 0. The quantitative estimate of drug-likeness (QED) is 0.338. The van der Waals surface area contributed by atoms with Crippen molar-refractivity contribution < 1.29 is 0 Å². The van der Waals surface area contributed by atoms with Crippen molar-refractivity contribution >= 4 is 30.1 Å². The maximum Gasteiger partial charge on any atom is 0.271 e. The largest absolute Gasteiger partial charge is 0.271 e. The molecule has 31 heavy (non-hydrogen) atoms. The molecule has 0 aromatic rings. The van der Waals surface area contributed by atoms with Crippen LogP contribution in [0, 0.1) is 0 Å². The first kappa shape index (κ1) is 31.9. The van der Waals surface area contributed by atoms with Gasteiger partial charge in [0.2, 0.25) is 6.63 Å². The molecule has 0 unspecified atom stereocenters. The Kier molecular flexibility index (Phi) is 8.45. The molecule has 0 atom stereocenters. The van der Waals surface area contributed by atoms with E-state index in [1.165, 1.54) is 0 Å². The first-order valence-electron chi connectivity index (χ1n) is 12.8. The Labute approximate surface area is 204 Å². The summed E-state index contributed by atoms with van der Waals surface area (Å²) in [5.74, 6) is 0. The van der Waals surface area contributed by atoms with Gasteiger partial charge in [-0.15, -0.1) is 0 Å².